The second-order valence-corrected chi connectivity index (χ2v) is 5.97. The molecule has 0 aliphatic rings. The zero-order valence-corrected chi connectivity index (χ0v) is 14.5. The number of amides is 2. The van der Waals surface area contributed by atoms with Gasteiger partial charge in [0.15, 0.2) is 12.7 Å². The fourth-order valence-corrected chi connectivity index (χ4v) is 2.17. The molecule has 1 aromatic rings. The molecule has 2 atom stereocenters. The van der Waals surface area contributed by atoms with Crippen LogP contribution in [0.15, 0.2) is 30.3 Å². The molecule has 7 nitrogen and oxygen atoms in total. The van der Waals surface area contributed by atoms with Crippen LogP contribution >= 0.6 is 11.8 Å². The summed E-state index contributed by atoms with van der Waals surface area (Å²) >= 11 is 1.53. The lowest BCUT2D eigenvalue weighted by molar-refractivity contribution is -0.156. The number of esters is 1. The second-order valence-electron chi connectivity index (χ2n) is 4.98. The minimum Gasteiger partial charge on any atom is -0.484 e. The van der Waals surface area contributed by atoms with E-state index in [9.17, 15) is 14.4 Å². The molecule has 132 valence electrons. The van der Waals surface area contributed by atoms with E-state index in [0.29, 0.717) is 17.9 Å². The van der Waals surface area contributed by atoms with Crippen LogP contribution in [0.1, 0.15) is 13.3 Å². The van der Waals surface area contributed by atoms with Crippen LogP contribution in [-0.2, 0) is 19.1 Å². The van der Waals surface area contributed by atoms with Gasteiger partial charge in [-0.15, -0.1) is 0 Å². The average Bonchev–Trinajstić information content (AvgIpc) is 2.57. The molecule has 0 aliphatic carbocycles. The van der Waals surface area contributed by atoms with Crippen LogP contribution in [0.2, 0.25) is 0 Å². The molecular weight excluding hydrogens is 332 g/mol. The molecule has 0 unspecified atom stereocenters. The first-order chi connectivity index (χ1) is 11.4. The molecule has 0 saturated heterocycles. The maximum Gasteiger partial charge on any atom is 0.329 e. The van der Waals surface area contributed by atoms with Crippen molar-refractivity contribution in [3.05, 3.63) is 30.3 Å². The third kappa shape index (κ3) is 7.36. The highest BCUT2D eigenvalue weighted by molar-refractivity contribution is 7.98. The average molecular weight is 354 g/mol. The molecule has 1 rings (SSSR count). The Kier molecular flexibility index (Phi) is 8.70. The second kappa shape index (κ2) is 10.5. The molecule has 0 radical (unpaired) electrons. The lowest BCUT2D eigenvalue weighted by Gasteiger charge is -2.19. The Bertz CT molecular complexity index is 553. The van der Waals surface area contributed by atoms with Crippen LogP contribution < -0.4 is 15.8 Å². The Hall–Kier alpha value is -2.22. The number of thioether (sulfide) groups is 1. The standard InChI is InChI=1S/C16H22N2O5S/c1-11(15(17)20)23-16(21)13(8-9-24-2)18-14(19)10-22-12-6-4-3-5-7-12/h3-7,11,13H,8-10H2,1-2H3,(H2,17,20)(H,18,19)/t11-,13+/m1/s1. The zero-order valence-electron chi connectivity index (χ0n) is 13.7. The van der Waals surface area contributed by atoms with E-state index in [0.717, 1.165) is 0 Å². The lowest BCUT2D eigenvalue weighted by Crippen LogP contribution is -2.46. The summed E-state index contributed by atoms with van der Waals surface area (Å²) in [5.74, 6) is -0.689. The van der Waals surface area contributed by atoms with Crippen LogP contribution in [0.25, 0.3) is 0 Å². The first-order valence-corrected chi connectivity index (χ1v) is 8.79. The van der Waals surface area contributed by atoms with Crippen LogP contribution in [0, 0.1) is 0 Å². The molecule has 24 heavy (non-hydrogen) atoms. The van der Waals surface area contributed by atoms with Gasteiger partial charge in [0.05, 0.1) is 0 Å². The highest BCUT2D eigenvalue weighted by Crippen LogP contribution is 2.08. The summed E-state index contributed by atoms with van der Waals surface area (Å²) in [6.45, 7) is 1.16. The van der Waals surface area contributed by atoms with Crippen molar-refractivity contribution in [1.29, 1.82) is 0 Å². The smallest absolute Gasteiger partial charge is 0.329 e. The van der Waals surface area contributed by atoms with Crippen molar-refractivity contribution in [3.8, 4) is 5.75 Å². The fraction of sp³-hybridized carbons (Fsp3) is 0.438. The van der Waals surface area contributed by atoms with Gasteiger partial charge in [0.25, 0.3) is 11.8 Å². The van der Waals surface area contributed by atoms with E-state index in [1.54, 1.807) is 24.3 Å². The summed E-state index contributed by atoms with van der Waals surface area (Å²) in [6, 6.07) is 8.00. The topological polar surface area (TPSA) is 108 Å². The Labute approximate surface area is 145 Å². The first-order valence-electron chi connectivity index (χ1n) is 7.40. The Morgan fingerprint density at radius 3 is 2.50 bits per heavy atom. The van der Waals surface area contributed by atoms with Crippen molar-refractivity contribution in [2.45, 2.75) is 25.5 Å². The summed E-state index contributed by atoms with van der Waals surface area (Å²) in [5.41, 5.74) is 5.07. The SMILES string of the molecule is CSCC[C@H](NC(=O)COc1ccccc1)C(=O)O[C@H](C)C(N)=O. The van der Waals surface area contributed by atoms with Gasteiger partial charge in [-0.1, -0.05) is 18.2 Å². The van der Waals surface area contributed by atoms with Crippen molar-refractivity contribution in [2.75, 3.05) is 18.6 Å². The molecule has 2 amide bonds. The van der Waals surface area contributed by atoms with Crippen LogP contribution in [-0.4, -0.2) is 48.5 Å². The van der Waals surface area contributed by atoms with E-state index in [2.05, 4.69) is 5.32 Å². The summed E-state index contributed by atoms with van der Waals surface area (Å²) in [5, 5.41) is 2.56. The van der Waals surface area contributed by atoms with E-state index in [1.165, 1.54) is 18.7 Å². The number of nitrogens with one attached hydrogen (secondary N) is 1. The fourth-order valence-electron chi connectivity index (χ4n) is 1.70. The van der Waals surface area contributed by atoms with Crippen molar-refractivity contribution in [2.24, 2.45) is 5.73 Å². The largest absolute Gasteiger partial charge is 0.484 e. The summed E-state index contributed by atoms with van der Waals surface area (Å²) < 4.78 is 10.3. The van der Waals surface area contributed by atoms with Crippen LogP contribution in [0.3, 0.4) is 0 Å². The highest BCUT2D eigenvalue weighted by atomic mass is 32.2. The highest BCUT2D eigenvalue weighted by Gasteiger charge is 2.25. The predicted octanol–water partition coefficient (Wildman–Crippen LogP) is 0.720. The van der Waals surface area contributed by atoms with Crippen molar-refractivity contribution >= 4 is 29.5 Å². The van der Waals surface area contributed by atoms with E-state index in [4.69, 9.17) is 15.2 Å². The molecule has 0 spiro atoms. The summed E-state index contributed by atoms with van der Waals surface area (Å²) in [7, 11) is 0. The third-order valence-electron chi connectivity index (χ3n) is 3.04. The molecule has 0 bridgehead atoms. The lowest BCUT2D eigenvalue weighted by atomic mass is 10.2. The maximum atomic E-state index is 12.1. The minimum absolute atomic E-state index is 0.224. The number of nitrogens with two attached hydrogens (primary N) is 1. The van der Waals surface area contributed by atoms with Crippen molar-refractivity contribution < 1.29 is 23.9 Å². The molecule has 0 aliphatic heterocycles. The monoisotopic (exact) mass is 354 g/mol. The quantitative estimate of drug-likeness (QED) is 0.600. The molecule has 0 saturated carbocycles. The molecule has 0 fully saturated rings. The van der Waals surface area contributed by atoms with Gasteiger partial charge in [0.2, 0.25) is 0 Å². The normalized spacial score (nSPS) is 12.8. The minimum atomic E-state index is -1.05. The van der Waals surface area contributed by atoms with E-state index >= 15 is 0 Å². The first kappa shape index (κ1) is 19.8. The van der Waals surface area contributed by atoms with E-state index in [-0.39, 0.29) is 6.61 Å². The Balaban J connectivity index is 2.55. The Morgan fingerprint density at radius 1 is 1.25 bits per heavy atom. The molecule has 8 heteroatoms. The molecule has 3 N–H and O–H groups in total. The third-order valence-corrected chi connectivity index (χ3v) is 3.68. The Morgan fingerprint density at radius 2 is 1.92 bits per heavy atom. The van der Waals surface area contributed by atoms with Gasteiger partial charge < -0.3 is 20.5 Å². The van der Waals surface area contributed by atoms with Gasteiger partial charge in [-0.25, -0.2) is 4.79 Å². The van der Waals surface area contributed by atoms with E-state index < -0.39 is 29.9 Å². The van der Waals surface area contributed by atoms with Gasteiger partial charge in [0.1, 0.15) is 11.8 Å². The number of carbonyl (C=O) groups excluding carboxylic acids is 3. The summed E-state index contributed by atoms with van der Waals surface area (Å²) in [6.07, 6.45) is 1.21. The number of hydrogen-bond donors (Lipinski definition) is 2. The van der Waals surface area contributed by atoms with Gasteiger partial charge in [0, 0.05) is 0 Å². The maximum absolute atomic E-state index is 12.1. The number of primary amides is 1. The van der Waals surface area contributed by atoms with Crippen molar-refractivity contribution in [1.82, 2.24) is 5.32 Å². The summed E-state index contributed by atoms with van der Waals surface area (Å²) in [4.78, 5) is 35.0. The van der Waals surface area contributed by atoms with Gasteiger partial charge in [-0.2, -0.15) is 11.8 Å². The molecule has 0 heterocycles. The molecular formula is C16H22N2O5S. The predicted molar refractivity (Wildman–Crippen MR) is 91.6 cm³/mol. The van der Waals surface area contributed by atoms with Crippen LogP contribution in [0.4, 0.5) is 0 Å². The van der Waals surface area contributed by atoms with Gasteiger partial charge in [-0.05, 0) is 37.5 Å². The molecule has 1 aromatic carbocycles. The molecule has 0 aromatic heterocycles. The zero-order chi connectivity index (χ0) is 17.9. The number of rotatable bonds is 10. The number of hydrogen-bond acceptors (Lipinski definition) is 6. The van der Waals surface area contributed by atoms with E-state index in [1.807, 2.05) is 12.3 Å². The van der Waals surface area contributed by atoms with Crippen molar-refractivity contribution in [3.63, 3.8) is 0 Å². The van der Waals surface area contributed by atoms with Gasteiger partial charge in [-0.3, -0.25) is 9.59 Å². The number of benzene rings is 1. The number of para-hydroxylation sites is 1. The number of carbonyl (C=O) groups is 3. The van der Waals surface area contributed by atoms with Gasteiger partial charge >= 0.3 is 5.97 Å². The van der Waals surface area contributed by atoms with Crippen LogP contribution in [0.5, 0.6) is 5.75 Å². The number of ether oxygens (including phenoxy) is 2.